The van der Waals surface area contributed by atoms with Crippen LogP contribution >= 0.6 is 11.3 Å². The second-order valence-electron chi connectivity index (χ2n) is 5.49. The molecule has 0 aliphatic rings. The summed E-state index contributed by atoms with van der Waals surface area (Å²) in [5, 5.41) is 15.0. The van der Waals surface area contributed by atoms with Crippen molar-refractivity contribution in [1.29, 1.82) is 0 Å². The number of nitrogens with one attached hydrogen (secondary N) is 2. The highest BCUT2D eigenvalue weighted by molar-refractivity contribution is 7.14. The second-order valence-corrected chi connectivity index (χ2v) is 6.65. The molecule has 2 rings (SSSR count). The summed E-state index contributed by atoms with van der Waals surface area (Å²) < 4.78 is 0. The zero-order valence-corrected chi connectivity index (χ0v) is 14.6. The normalized spacial score (nSPS) is 11.9. The smallest absolute Gasteiger partial charge is 0.326 e. The van der Waals surface area contributed by atoms with Gasteiger partial charge in [0, 0.05) is 24.2 Å². The van der Waals surface area contributed by atoms with Gasteiger partial charge in [-0.3, -0.25) is 9.78 Å². The van der Waals surface area contributed by atoms with Gasteiger partial charge >= 0.3 is 5.97 Å². The average molecular weight is 362 g/mol. The molecule has 2 heterocycles. The first-order valence-electron chi connectivity index (χ1n) is 8.03. The fourth-order valence-electron chi connectivity index (χ4n) is 2.22. The molecule has 0 aromatic carbocycles. The molecule has 0 aliphatic heterocycles. The first-order chi connectivity index (χ1) is 12.1. The Morgan fingerprint density at radius 1 is 1.24 bits per heavy atom. The van der Waals surface area contributed by atoms with Crippen LogP contribution in [-0.4, -0.2) is 34.6 Å². The van der Waals surface area contributed by atoms with Crippen molar-refractivity contribution >= 4 is 23.2 Å². The van der Waals surface area contributed by atoms with Gasteiger partial charge < -0.3 is 21.5 Å². The Balaban J connectivity index is 1.84. The molecule has 0 aliphatic carbocycles. The quantitative estimate of drug-likeness (QED) is 0.507. The van der Waals surface area contributed by atoms with Crippen LogP contribution in [0, 0.1) is 0 Å². The minimum absolute atomic E-state index is 0.321. The van der Waals surface area contributed by atoms with Crippen molar-refractivity contribution < 1.29 is 14.7 Å². The summed E-state index contributed by atoms with van der Waals surface area (Å²) in [5.74, 6) is -1.42. The number of pyridine rings is 1. The predicted octanol–water partition coefficient (Wildman–Crippen LogP) is 1.35. The summed E-state index contributed by atoms with van der Waals surface area (Å²) in [7, 11) is 0. The van der Waals surface area contributed by atoms with Crippen molar-refractivity contribution in [3.8, 4) is 0 Å². The number of nitrogens with zero attached hydrogens (tertiary/aromatic N) is 1. The standard InChI is InChI=1S/C17H22N4O3S/c18-8-3-5-14(17(23)24)21-16(22)15-7-6-13(25-15)11-19-10-12-4-1-2-9-20-12/h1-2,4,6-7,9,14,19H,3,5,8,10-11,18H2,(H,21,22)(H,23,24)/t14-/m0/s1. The number of nitrogens with two attached hydrogens (primary N) is 1. The Bertz CT molecular complexity index is 690. The fraction of sp³-hybridized carbons (Fsp3) is 0.353. The van der Waals surface area contributed by atoms with Crippen molar-refractivity contribution in [3.05, 3.63) is 52.0 Å². The molecule has 0 spiro atoms. The van der Waals surface area contributed by atoms with E-state index < -0.39 is 12.0 Å². The van der Waals surface area contributed by atoms with Crippen molar-refractivity contribution in [2.75, 3.05) is 6.54 Å². The van der Waals surface area contributed by atoms with Crippen molar-refractivity contribution in [3.63, 3.8) is 0 Å². The zero-order chi connectivity index (χ0) is 18.1. The Morgan fingerprint density at radius 3 is 2.76 bits per heavy atom. The maximum atomic E-state index is 12.2. The molecule has 2 aromatic heterocycles. The molecule has 0 saturated carbocycles. The van der Waals surface area contributed by atoms with Crippen LogP contribution in [0.25, 0.3) is 0 Å². The van der Waals surface area contributed by atoms with Crippen LogP contribution in [0.2, 0.25) is 0 Å². The van der Waals surface area contributed by atoms with Crippen molar-refractivity contribution in [2.24, 2.45) is 5.73 Å². The Kier molecular flexibility index (Phi) is 7.52. The maximum Gasteiger partial charge on any atom is 0.326 e. The number of carboxylic acids is 1. The molecular formula is C17H22N4O3S. The highest BCUT2D eigenvalue weighted by atomic mass is 32.1. The molecule has 8 heteroatoms. The Hall–Kier alpha value is -2.29. The van der Waals surface area contributed by atoms with Gasteiger partial charge in [-0.15, -0.1) is 11.3 Å². The number of thiophene rings is 1. The van der Waals surface area contributed by atoms with E-state index in [2.05, 4.69) is 15.6 Å². The monoisotopic (exact) mass is 362 g/mol. The summed E-state index contributed by atoms with van der Waals surface area (Å²) >= 11 is 1.34. The van der Waals surface area contributed by atoms with Crippen LogP contribution in [0.1, 0.15) is 33.1 Å². The Labute approximate surface area is 150 Å². The van der Waals surface area contributed by atoms with E-state index in [0.29, 0.717) is 37.4 Å². The van der Waals surface area contributed by atoms with Crippen LogP contribution in [0.5, 0.6) is 0 Å². The molecule has 25 heavy (non-hydrogen) atoms. The largest absolute Gasteiger partial charge is 0.480 e. The SMILES string of the molecule is NCCC[C@H](NC(=O)c1ccc(CNCc2ccccn2)s1)C(=O)O. The lowest BCUT2D eigenvalue weighted by molar-refractivity contribution is -0.139. The number of hydrogen-bond acceptors (Lipinski definition) is 6. The summed E-state index contributed by atoms with van der Waals surface area (Å²) in [6.07, 6.45) is 2.61. The molecule has 1 atom stereocenters. The summed E-state index contributed by atoms with van der Waals surface area (Å²) in [6, 6.07) is 8.39. The molecule has 0 bridgehead atoms. The van der Waals surface area contributed by atoms with Crippen LogP contribution in [0.3, 0.4) is 0 Å². The number of amides is 1. The first-order valence-corrected chi connectivity index (χ1v) is 8.85. The highest BCUT2D eigenvalue weighted by Gasteiger charge is 2.20. The molecular weight excluding hydrogens is 340 g/mol. The van der Waals surface area contributed by atoms with Gasteiger partial charge in [-0.25, -0.2) is 4.79 Å². The maximum absolute atomic E-state index is 12.2. The van der Waals surface area contributed by atoms with Crippen molar-refractivity contribution in [2.45, 2.75) is 32.0 Å². The molecule has 2 aromatic rings. The van der Waals surface area contributed by atoms with E-state index in [1.54, 1.807) is 12.3 Å². The molecule has 134 valence electrons. The van der Waals surface area contributed by atoms with Gasteiger partial charge in [-0.05, 0) is 43.7 Å². The first kappa shape index (κ1) is 19.0. The Morgan fingerprint density at radius 2 is 2.08 bits per heavy atom. The lowest BCUT2D eigenvalue weighted by Gasteiger charge is -2.13. The third-order valence-electron chi connectivity index (χ3n) is 3.52. The average Bonchev–Trinajstić information content (AvgIpc) is 3.08. The number of hydrogen-bond donors (Lipinski definition) is 4. The number of carboxylic acid groups (broad SMARTS) is 1. The lowest BCUT2D eigenvalue weighted by atomic mass is 10.1. The third kappa shape index (κ3) is 6.26. The van der Waals surface area contributed by atoms with E-state index in [4.69, 9.17) is 10.8 Å². The lowest BCUT2D eigenvalue weighted by Crippen LogP contribution is -2.40. The summed E-state index contributed by atoms with van der Waals surface area (Å²) in [4.78, 5) is 29.1. The highest BCUT2D eigenvalue weighted by Crippen LogP contribution is 2.17. The molecule has 7 nitrogen and oxygen atoms in total. The second kappa shape index (κ2) is 9.87. The van der Waals surface area contributed by atoms with Crippen LogP contribution in [-0.2, 0) is 17.9 Å². The number of carbonyl (C=O) groups is 2. The van der Waals surface area contributed by atoms with E-state index in [1.165, 1.54) is 11.3 Å². The van der Waals surface area contributed by atoms with Gasteiger partial charge in [0.1, 0.15) is 6.04 Å². The van der Waals surface area contributed by atoms with E-state index in [-0.39, 0.29) is 5.91 Å². The van der Waals surface area contributed by atoms with E-state index in [1.807, 2.05) is 24.3 Å². The predicted molar refractivity (Wildman–Crippen MR) is 96.3 cm³/mol. The van der Waals surface area contributed by atoms with Gasteiger partial charge in [-0.1, -0.05) is 6.07 Å². The molecule has 5 N–H and O–H groups in total. The summed E-state index contributed by atoms with van der Waals surface area (Å²) in [5.41, 5.74) is 6.34. The zero-order valence-electron chi connectivity index (χ0n) is 13.8. The number of rotatable bonds is 10. The molecule has 0 saturated heterocycles. The van der Waals surface area contributed by atoms with Gasteiger partial charge in [0.15, 0.2) is 0 Å². The third-order valence-corrected chi connectivity index (χ3v) is 4.60. The number of carbonyl (C=O) groups excluding carboxylic acids is 1. The van der Waals surface area contributed by atoms with E-state index in [0.717, 1.165) is 10.6 Å². The van der Waals surface area contributed by atoms with Crippen LogP contribution in [0.4, 0.5) is 0 Å². The van der Waals surface area contributed by atoms with Gasteiger partial charge in [-0.2, -0.15) is 0 Å². The minimum Gasteiger partial charge on any atom is -0.480 e. The fourth-order valence-corrected chi connectivity index (χ4v) is 3.10. The molecule has 0 radical (unpaired) electrons. The molecule has 1 amide bonds. The van der Waals surface area contributed by atoms with Crippen molar-refractivity contribution in [1.82, 2.24) is 15.6 Å². The van der Waals surface area contributed by atoms with Gasteiger partial charge in [0.25, 0.3) is 5.91 Å². The van der Waals surface area contributed by atoms with E-state index >= 15 is 0 Å². The minimum atomic E-state index is -1.05. The van der Waals surface area contributed by atoms with Gasteiger partial charge in [0.2, 0.25) is 0 Å². The number of aromatic nitrogens is 1. The van der Waals surface area contributed by atoms with Crippen LogP contribution < -0.4 is 16.4 Å². The van der Waals surface area contributed by atoms with Gasteiger partial charge in [0.05, 0.1) is 10.6 Å². The molecule has 0 fully saturated rings. The van der Waals surface area contributed by atoms with Crippen LogP contribution in [0.15, 0.2) is 36.5 Å². The van der Waals surface area contributed by atoms with E-state index in [9.17, 15) is 9.59 Å². The summed E-state index contributed by atoms with van der Waals surface area (Å²) in [6.45, 7) is 1.65. The topological polar surface area (TPSA) is 117 Å². The number of aliphatic carboxylic acids is 1. The molecule has 0 unspecified atom stereocenters.